The van der Waals surface area contributed by atoms with Gasteiger partial charge >= 0.3 is 0 Å². The predicted molar refractivity (Wildman–Crippen MR) is 138 cm³/mol. The minimum Gasteiger partial charge on any atom is -0.284 e. The second kappa shape index (κ2) is 10.0. The van der Waals surface area contributed by atoms with E-state index in [9.17, 15) is 4.79 Å². The van der Waals surface area contributed by atoms with Crippen molar-refractivity contribution in [2.75, 3.05) is 18.1 Å². The molecule has 2 unspecified atom stereocenters. The van der Waals surface area contributed by atoms with E-state index in [4.69, 9.17) is 39.9 Å². The number of rotatable bonds is 4. The Hall–Kier alpha value is -1.50. The highest BCUT2D eigenvalue weighted by Gasteiger charge is 2.42. The molecule has 9 heteroatoms. The summed E-state index contributed by atoms with van der Waals surface area (Å²) in [7, 11) is 0. The number of fused-ring (bicyclic) bond motifs is 1. The Kier molecular flexibility index (Phi) is 7.47. The van der Waals surface area contributed by atoms with Gasteiger partial charge in [0.05, 0.1) is 16.8 Å². The first-order valence-corrected chi connectivity index (χ1v) is 12.2. The number of carbonyl (C=O) groups excluding carboxylic acids is 1. The molecular weight excluding hydrogens is 502 g/mol. The number of nitrogens with one attached hydrogen (secondary N) is 1. The SMILES string of the molecule is C[C@@H]1C(C(=O)NN2CC3CCCC3C2)=NN(c2ccc(Cl)cc2Cl)[C@H]1c1ccc(Cl)cc1.Cl. The molecule has 1 N–H and O–H groups in total. The third kappa shape index (κ3) is 4.85. The molecule has 0 radical (unpaired) electrons. The summed E-state index contributed by atoms with van der Waals surface area (Å²) in [6.45, 7) is 3.87. The van der Waals surface area contributed by atoms with Crippen LogP contribution in [-0.4, -0.2) is 29.7 Å². The summed E-state index contributed by atoms with van der Waals surface area (Å²) in [6, 6.07) is 12.8. The zero-order chi connectivity index (χ0) is 22.4. The Morgan fingerprint density at radius 2 is 1.64 bits per heavy atom. The number of hydrazine groups is 1. The van der Waals surface area contributed by atoms with Crippen molar-refractivity contribution < 1.29 is 4.79 Å². The zero-order valence-corrected chi connectivity index (χ0v) is 21.3. The van der Waals surface area contributed by atoms with Gasteiger partial charge in [-0.2, -0.15) is 5.10 Å². The van der Waals surface area contributed by atoms with Crippen LogP contribution < -0.4 is 10.4 Å². The van der Waals surface area contributed by atoms with Crippen LogP contribution in [0.15, 0.2) is 47.6 Å². The molecule has 5 nitrogen and oxygen atoms in total. The van der Waals surface area contributed by atoms with E-state index in [0.717, 1.165) is 18.7 Å². The maximum atomic E-state index is 13.3. The van der Waals surface area contributed by atoms with E-state index < -0.39 is 0 Å². The Bertz CT molecular complexity index is 1050. The molecule has 33 heavy (non-hydrogen) atoms. The lowest BCUT2D eigenvalue weighted by Crippen LogP contribution is -2.45. The van der Waals surface area contributed by atoms with E-state index in [1.807, 2.05) is 42.3 Å². The number of amides is 1. The molecule has 5 rings (SSSR count). The standard InChI is InChI=1S/C24H25Cl3N4O.ClH/c1-14-22(24(32)29-30-12-16-3-2-4-17(16)13-30)28-31(21-10-9-19(26)11-20(21)27)23(14)15-5-7-18(25)8-6-15;/h5-11,14,16-17,23H,2-4,12-13H2,1H3,(H,29,32);1H/t14-,16?,17?,23-;/m1./s1. The van der Waals surface area contributed by atoms with Crippen molar-refractivity contribution in [3.05, 3.63) is 63.1 Å². The van der Waals surface area contributed by atoms with Gasteiger partial charge in [0.1, 0.15) is 5.71 Å². The van der Waals surface area contributed by atoms with Gasteiger partial charge < -0.3 is 0 Å². The van der Waals surface area contributed by atoms with Crippen molar-refractivity contribution in [3.8, 4) is 0 Å². The van der Waals surface area contributed by atoms with Gasteiger partial charge in [-0.15, -0.1) is 12.4 Å². The molecule has 2 aliphatic heterocycles. The normalized spacial score (nSPS) is 26.7. The first-order chi connectivity index (χ1) is 15.4. The van der Waals surface area contributed by atoms with Crippen molar-refractivity contribution in [2.24, 2.45) is 22.9 Å². The van der Waals surface area contributed by atoms with Crippen LogP contribution in [0.1, 0.15) is 37.8 Å². The minimum absolute atomic E-state index is 0. The van der Waals surface area contributed by atoms with E-state index in [1.54, 1.807) is 12.1 Å². The van der Waals surface area contributed by atoms with Gasteiger partial charge in [-0.25, -0.2) is 5.01 Å². The van der Waals surface area contributed by atoms with Crippen molar-refractivity contribution in [3.63, 3.8) is 0 Å². The first-order valence-electron chi connectivity index (χ1n) is 11.0. The van der Waals surface area contributed by atoms with Gasteiger partial charge in [-0.05, 0) is 60.6 Å². The van der Waals surface area contributed by atoms with Crippen LogP contribution in [0.4, 0.5) is 5.69 Å². The molecule has 0 spiro atoms. The summed E-state index contributed by atoms with van der Waals surface area (Å²) in [4.78, 5) is 13.3. The first kappa shape index (κ1) is 24.6. The average molecular weight is 528 g/mol. The Balaban J connectivity index is 0.00000259. The maximum Gasteiger partial charge on any atom is 0.282 e. The molecule has 0 aromatic heterocycles. The Labute approximate surface area is 215 Å². The molecule has 2 aromatic carbocycles. The smallest absolute Gasteiger partial charge is 0.282 e. The molecule has 2 fully saturated rings. The van der Waals surface area contributed by atoms with E-state index in [0.29, 0.717) is 38.3 Å². The zero-order valence-electron chi connectivity index (χ0n) is 18.2. The van der Waals surface area contributed by atoms with Crippen molar-refractivity contribution in [1.82, 2.24) is 10.4 Å². The number of hydrogen-bond donors (Lipinski definition) is 1. The number of halogens is 4. The summed E-state index contributed by atoms with van der Waals surface area (Å²) in [5, 5.41) is 10.4. The highest BCUT2D eigenvalue weighted by molar-refractivity contribution is 6.41. The van der Waals surface area contributed by atoms with Gasteiger partial charge in [0, 0.05) is 29.1 Å². The summed E-state index contributed by atoms with van der Waals surface area (Å²) in [5.74, 6) is 1.10. The third-order valence-electron chi connectivity index (χ3n) is 6.97. The highest BCUT2D eigenvalue weighted by Crippen LogP contribution is 2.43. The van der Waals surface area contributed by atoms with Crippen molar-refractivity contribution in [1.29, 1.82) is 0 Å². The monoisotopic (exact) mass is 526 g/mol. The number of carbonyl (C=O) groups is 1. The van der Waals surface area contributed by atoms with Crippen LogP contribution in [0.2, 0.25) is 15.1 Å². The molecule has 1 saturated carbocycles. The number of anilines is 1. The van der Waals surface area contributed by atoms with Gasteiger partial charge in [0.25, 0.3) is 5.91 Å². The Morgan fingerprint density at radius 1 is 1.00 bits per heavy atom. The lowest BCUT2D eigenvalue weighted by molar-refractivity contribution is -0.119. The lowest BCUT2D eigenvalue weighted by Gasteiger charge is -2.27. The van der Waals surface area contributed by atoms with Crippen molar-refractivity contribution in [2.45, 2.75) is 32.2 Å². The predicted octanol–water partition coefficient (Wildman–Crippen LogP) is 6.39. The second-order valence-electron chi connectivity index (χ2n) is 9.01. The molecule has 1 aliphatic carbocycles. The molecule has 176 valence electrons. The summed E-state index contributed by atoms with van der Waals surface area (Å²) >= 11 is 18.8. The fraction of sp³-hybridized carbons (Fsp3) is 0.417. The van der Waals surface area contributed by atoms with Crippen LogP contribution in [0.5, 0.6) is 0 Å². The fourth-order valence-electron chi connectivity index (χ4n) is 5.37. The van der Waals surface area contributed by atoms with Crippen LogP contribution in [0, 0.1) is 17.8 Å². The number of benzene rings is 2. The van der Waals surface area contributed by atoms with Crippen LogP contribution in [0.25, 0.3) is 0 Å². The molecule has 4 atom stereocenters. The molecule has 2 aromatic rings. The number of hydrazone groups is 1. The average Bonchev–Trinajstić information content (AvgIpc) is 3.42. The maximum absolute atomic E-state index is 13.3. The van der Waals surface area contributed by atoms with Gasteiger partial charge in [0.2, 0.25) is 0 Å². The largest absolute Gasteiger partial charge is 0.284 e. The summed E-state index contributed by atoms with van der Waals surface area (Å²) in [6.07, 6.45) is 3.83. The van der Waals surface area contributed by atoms with E-state index in [2.05, 4.69) is 10.4 Å². The summed E-state index contributed by atoms with van der Waals surface area (Å²) in [5.41, 5.74) is 5.33. The minimum atomic E-state index is -0.190. The summed E-state index contributed by atoms with van der Waals surface area (Å²) < 4.78 is 0. The quantitative estimate of drug-likeness (QED) is 0.501. The number of nitrogens with zero attached hydrogens (tertiary/aromatic N) is 3. The lowest BCUT2D eigenvalue weighted by atomic mass is 9.91. The van der Waals surface area contributed by atoms with Crippen molar-refractivity contribution >= 4 is 64.5 Å². The fourth-order valence-corrected chi connectivity index (χ4v) is 5.99. The molecule has 1 saturated heterocycles. The van der Waals surface area contributed by atoms with Crippen LogP contribution in [-0.2, 0) is 4.79 Å². The van der Waals surface area contributed by atoms with E-state index >= 15 is 0 Å². The third-order valence-corrected chi connectivity index (χ3v) is 7.76. The second-order valence-corrected chi connectivity index (χ2v) is 10.3. The topological polar surface area (TPSA) is 47.9 Å². The van der Waals surface area contributed by atoms with Gasteiger partial charge in [-0.3, -0.25) is 15.2 Å². The van der Waals surface area contributed by atoms with E-state index in [1.165, 1.54) is 19.3 Å². The highest BCUT2D eigenvalue weighted by atomic mass is 35.5. The van der Waals surface area contributed by atoms with E-state index in [-0.39, 0.29) is 30.3 Å². The molecule has 0 bridgehead atoms. The van der Waals surface area contributed by atoms with Crippen LogP contribution in [0.3, 0.4) is 0 Å². The van der Waals surface area contributed by atoms with Gasteiger partial charge in [-0.1, -0.05) is 60.3 Å². The molecule has 2 heterocycles. The molecular formula is C24H26Cl4N4O. The molecule has 1 amide bonds. The van der Waals surface area contributed by atoms with Crippen LogP contribution >= 0.6 is 47.2 Å². The number of hydrogen-bond acceptors (Lipinski definition) is 4. The Morgan fingerprint density at radius 3 is 2.27 bits per heavy atom. The van der Waals surface area contributed by atoms with Gasteiger partial charge in [0.15, 0.2) is 0 Å². The molecule has 3 aliphatic rings.